The second kappa shape index (κ2) is 6.46. The molecule has 1 aromatic carbocycles. The topological polar surface area (TPSA) is 60.6 Å². The van der Waals surface area contributed by atoms with Crippen LogP contribution in [-0.4, -0.2) is 47.4 Å². The van der Waals surface area contributed by atoms with Gasteiger partial charge in [-0.1, -0.05) is 17.3 Å². The van der Waals surface area contributed by atoms with Crippen LogP contribution in [0.4, 0.5) is 0 Å². The molecule has 1 fully saturated rings. The van der Waals surface area contributed by atoms with Crippen molar-refractivity contribution in [3.63, 3.8) is 0 Å². The largest absolute Gasteiger partial charge is 0.497 e. The van der Waals surface area contributed by atoms with Gasteiger partial charge in [0.05, 0.1) is 26.4 Å². The molecule has 0 aliphatic carbocycles. The van der Waals surface area contributed by atoms with Crippen molar-refractivity contribution in [2.24, 2.45) is 0 Å². The average molecular weight is 303 g/mol. The van der Waals surface area contributed by atoms with E-state index in [2.05, 4.69) is 28.9 Å². The van der Waals surface area contributed by atoms with E-state index in [0.29, 0.717) is 24.3 Å². The fourth-order valence-electron chi connectivity index (χ4n) is 2.56. The Hall–Kier alpha value is -1.92. The van der Waals surface area contributed by atoms with E-state index in [1.54, 1.807) is 7.11 Å². The minimum absolute atomic E-state index is 0.233. The molecule has 0 amide bonds. The van der Waals surface area contributed by atoms with E-state index in [1.807, 2.05) is 24.3 Å². The zero-order chi connectivity index (χ0) is 15.5. The molecule has 2 atom stereocenters. The summed E-state index contributed by atoms with van der Waals surface area (Å²) in [6.45, 7) is 6.47. The van der Waals surface area contributed by atoms with E-state index in [9.17, 15) is 0 Å². The number of morpholine rings is 1. The van der Waals surface area contributed by atoms with Crippen LogP contribution in [0.25, 0.3) is 11.4 Å². The molecule has 3 rings (SSSR count). The van der Waals surface area contributed by atoms with Crippen molar-refractivity contribution in [2.75, 3.05) is 20.3 Å². The quantitative estimate of drug-likeness (QED) is 0.864. The molecule has 0 radical (unpaired) electrons. The summed E-state index contributed by atoms with van der Waals surface area (Å²) < 4.78 is 16.3. The number of rotatable bonds is 4. The molecule has 0 spiro atoms. The number of methoxy groups -OCH3 is 1. The Morgan fingerprint density at radius 3 is 3.05 bits per heavy atom. The number of aromatic nitrogens is 2. The molecule has 1 aliphatic rings. The van der Waals surface area contributed by atoms with E-state index in [-0.39, 0.29) is 6.10 Å². The average Bonchev–Trinajstić information content (AvgIpc) is 2.99. The smallest absolute Gasteiger partial charge is 0.241 e. The van der Waals surface area contributed by atoms with Crippen LogP contribution in [0, 0.1) is 0 Å². The highest BCUT2D eigenvalue weighted by Gasteiger charge is 2.25. The van der Waals surface area contributed by atoms with E-state index >= 15 is 0 Å². The van der Waals surface area contributed by atoms with Gasteiger partial charge in [-0.05, 0) is 26.0 Å². The second-order valence-electron chi connectivity index (χ2n) is 5.67. The van der Waals surface area contributed by atoms with Crippen LogP contribution in [0.3, 0.4) is 0 Å². The van der Waals surface area contributed by atoms with Gasteiger partial charge in [0, 0.05) is 18.2 Å². The van der Waals surface area contributed by atoms with Gasteiger partial charge in [0.25, 0.3) is 0 Å². The van der Waals surface area contributed by atoms with Gasteiger partial charge in [0.1, 0.15) is 5.75 Å². The minimum atomic E-state index is 0.233. The maximum absolute atomic E-state index is 5.64. The van der Waals surface area contributed by atoms with Crippen molar-refractivity contribution < 1.29 is 14.0 Å². The summed E-state index contributed by atoms with van der Waals surface area (Å²) in [5.74, 6) is 1.99. The molecular weight excluding hydrogens is 282 g/mol. The van der Waals surface area contributed by atoms with Gasteiger partial charge < -0.3 is 14.0 Å². The first-order valence-electron chi connectivity index (χ1n) is 7.48. The maximum atomic E-state index is 5.64. The third-order valence-electron chi connectivity index (χ3n) is 3.87. The Morgan fingerprint density at radius 2 is 2.23 bits per heavy atom. The molecule has 1 aliphatic heterocycles. The summed E-state index contributed by atoms with van der Waals surface area (Å²) in [6, 6.07) is 7.99. The monoisotopic (exact) mass is 303 g/mol. The first kappa shape index (κ1) is 15.0. The highest BCUT2D eigenvalue weighted by molar-refractivity contribution is 5.56. The highest BCUT2D eigenvalue weighted by atomic mass is 16.5. The number of hydrogen-bond acceptors (Lipinski definition) is 6. The van der Waals surface area contributed by atoms with Gasteiger partial charge in [-0.25, -0.2) is 0 Å². The predicted molar refractivity (Wildman–Crippen MR) is 81.6 cm³/mol. The van der Waals surface area contributed by atoms with Crippen molar-refractivity contribution in [3.8, 4) is 17.1 Å². The fourth-order valence-corrected chi connectivity index (χ4v) is 2.56. The molecule has 0 saturated carbocycles. The summed E-state index contributed by atoms with van der Waals surface area (Å²) in [7, 11) is 1.64. The fraction of sp³-hybridized carbons (Fsp3) is 0.500. The molecule has 2 heterocycles. The van der Waals surface area contributed by atoms with Gasteiger partial charge in [-0.15, -0.1) is 0 Å². The lowest BCUT2D eigenvalue weighted by molar-refractivity contribution is -0.0555. The van der Waals surface area contributed by atoms with Crippen molar-refractivity contribution in [2.45, 2.75) is 32.5 Å². The first-order chi connectivity index (χ1) is 10.7. The molecule has 118 valence electrons. The van der Waals surface area contributed by atoms with Crippen LogP contribution in [-0.2, 0) is 11.3 Å². The van der Waals surface area contributed by atoms with Gasteiger partial charge in [-0.3, -0.25) is 4.90 Å². The van der Waals surface area contributed by atoms with Crippen LogP contribution in [0.5, 0.6) is 5.75 Å². The molecule has 6 nitrogen and oxygen atoms in total. The molecule has 2 aromatic rings. The zero-order valence-corrected chi connectivity index (χ0v) is 13.2. The number of ether oxygens (including phenoxy) is 2. The molecular formula is C16H21N3O3. The number of hydrogen-bond donors (Lipinski definition) is 0. The molecule has 2 unspecified atom stereocenters. The molecule has 22 heavy (non-hydrogen) atoms. The SMILES string of the molecule is COc1cccc(-c2noc(CN3CC(C)OCC3C)n2)c1. The molecule has 1 saturated heterocycles. The summed E-state index contributed by atoms with van der Waals surface area (Å²) in [5.41, 5.74) is 0.887. The van der Waals surface area contributed by atoms with Crippen molar-refractivity contribution in [1.29, 1.82) is 0 Å². The summed E-state index contributed by atoms with van der Waals surface area (Å²) in [5, 5.41) is 4.07. The third-order valence-corrected chi connectivity index (χ3v) is 3.87. The molecule has 6 heteroatoms. The maximum Gasteiger partial charge on any atom is 0.241 e. The van der Waals surface area contributed by atoms with Crippen LogP contribution in [0.2, 0.25) is 0 Å². The normalized spacial score (nSPS) is 22.7. The van der Waals surface area contributed by atoms with E-state index in [4.69, 9.17) is 14.0 Å². The molecule has 0 bridgehead atoms. The second-order valence-corrected chi connectivity index (χ2v) is 5.67. The molecule has 0 N–H and O–H groups in total. The Kier molecular flexibility index (Phi) is 4.40. The van der Waals surface area contributed by atoms with Crippen LogP contribution in [0.15, 0.2) is 28.8 Å². The van der Waals surface area contributed by atoms with Gasteiger partial charge in [-0.2, -0.15) is 4.98 Å². The summed E-state index contributed by atoms with van der Waals surface area (Å²) in [6.07, 6.45) is 0.233. The minimum Gasteiger partial charge on any atom is -0.497 e. The van der Waals surface area contributed by atoms with E-state index in [0.717, 1.165) is 24.5 Å². The van der Waals surface area contributed by atoms with E-state index in [1.165, 1.54) is 0 Å². The zero-order valence-electron chi connectivity index (χ0n) is 13.2. The lowest BCUT2D eigenvalue weighted by Crippen LogP contribution is -2.46. The Bertz CT molecular complexity index is 629. The van der Waals surface area contributed by atoms with Crippen molar-refractivity contribution in [3.05, 3.63) is 30.2 Å². The van der Waals surface area contributed by atoms with Gasteiger partial charge >= 0.3 is 0 Å². The predicted octanol–water partition coefficient (Wildman–Crippen LogP) is 2.35. The molecule has 1 aromatic heterocycles. The van der Waals surface area contributed by atoms with Gasteiger partial charge in [0.15, 0.2) is 0 Å². The van der Waals surface area contributed by atoms with Crippen LogP contribution >= 0.6 is 0 Å². The van der Waals surface area contributed by atoms with Crippen LogP contribution < -0.4 is 4.74 Å². The Balaban J connectivity index is 1.73. The number of benzene rings is 1. The number of nitrogens with zero attached hydrogens (tertiary/aromatic N) is 3. The van der Waals surface area contributed by atoms with Crippen molar-refractivity contribution >= 4 is 0 Å². The van der Waals surface area contributed by atoms with Crippen molar-refractivity contribution in [1.82, 2.24) is 15.0 Å². The lowest BCUT2D eigenvalue weighted by atomic mass is 10.2. The van der Waals surface area contributed by atoms with E-state index < -0.39 is 0 Å². The summed E-state index contributed by atoms with van der Waals surface area (Å²) in [4.78, 5) is 6.80. The van der Waals surface area contributed by atoms with Crippen LogP contribution in [0.1, 0.15) is 19.7 Å². The lowest BCUT2D eigenvalue weighted by Gasteiger charge is -2.35. The Morgan fingerprint density at radius 1 is 1.36 bits per heavy atom. The van der Waals surface area contributed by atoms with Gasteiger partial charge in [0.2, 0.25) is 11.7 Å². The Labute approximate surface area is 130 Å². The summed E-state index contributed by atoms with van der Waals surface area (Å²) >= 11 is 0. The standard InChI is InChI=1S/C16H21N3O3/c1-11-10-21-12(2)8-19(11)9-15-17-16(18-22-15)13-5-4-6-14(7-13)20-3/h4-7,11-12H,8-10H2,1-3H3. The highest BCUT2D eigenvalue weighted by Crippen LogP contribution is 2.22. The first-order valence-corrected chi connectivity index (χ1v) is 7.48. The third kappa shape index (κ3) is 3.28.